The first-order chi connectivity index (χ1) is 8.00. The molecule has 0 saturated heterocycles. The summed E-state index contributed by atoms with van der Waals surface area (Å²) in [4.78, 5) is 22.4. The van der Waals surface area contributed by atoms with E-state index in [-0.39, 0.29) is 11.3 Å². The molecule has 17 heavy (non-hydrogen) atoms. The van der Waals surface area contributed by atoms with Gasteiger partial charge in [0, 0.05) is 12.6 Å². The Balaban J connectivity index is 2.70. The quantitative estimate of drug-likeness (QED) is 0.856. The standard InChI is InChI=1S/C12H11NO4/c1-7-3-5-8(6-4-7)10-9(11(14)15)12(16)17-13(10)2/h3-6H,1-2H3,(H,14,15). The molecule has 0 radical (unpaired) electrons. The van der Waals surface area contributed by atoms with Gasteiger partial charge in [0.1, 0.15) is 5.69 Å². The lowest BCUT2D eigenvalue weighted by Gasteiger charge is -2.02. The van der Waals surface area contributed by atoms with Crippen LogP contribution in [0.2, 0.25) is 0 Å². The summed E-state index contributed by atoms with van der Waals surface area (Å²) < 4.78 is 5.95. The number of carbonyl (C=O) groups is 1. The maximum Gasteiger partial charge on any atom is 0.372 e. The van der Waals surface area contributed by atoms with Crippen molar-refractivity contribution in [1.29, 1.82) is 0 Å². The molecule has 5 heteroatoms. The molecule has 0 aliphatic rings. The first-order valence-corrected chi connectivity index (χ1v) is 5.01. The molecule has 0 saturated carbocycles. The lowest BCUT2D eigenvalue weighted by molar-refractivity contribution is 0.0695. The zero-order valence-electron chi connectivity index (χ0n) is 9.43. The molecule has 1 aromatic heterocycles. The third kappa shape index (κ3) is 1.87. The second-order valence-electron chi connectivity index (χ2n) is 3.77. The van der Waals surface area contributed by atoms with Crippen LogP contribution >= 0.6 is 0 Å². The van der Waals surface area contributed by atoms with Crippen LogP contribution in [0.5, 0.6) is 0 Å². The predicted molar refractivity (Wildman–Crippen MR) is 61.1 cm³/mol. The highest BCUT2D eigenvalue weighted by molar-refractivity contribution is 5.94. The number of nitrogens with zero attached hydrogens (tertiary/aromatic N) is 1. The molecule has 1 heterocycles. The van der Waals surface area contributed by atoms with Crippen molar-refractivity contribution in [2.45, 2.75) is 6.92 Å². The van der Waals surface area contributed by atoms with Crippen molar-refractivity contribution in [2.24, 2.45) is 7.05 Å². The van der Waals surface area contributed by atoms with Crippen molar-refractivity contribution >= 4 is 5.97 Å². The summed E-state index contributed by atoms with van der Waals surface area (Å²) in [6.07, 6.45) is 0. The van der Waals surface area contributed by atoms with Crippen LogP contribution < -0.4 is 5.63 Å². The Bertz CT molecular complexity index is 619. The van der Waals surface area contributed by atoms with E-state index in [9.17, 15) is 9.59 Å². The number of aromatic carboxylic acids is 1. The maximum absolute atomic E-state index is 11.4. The third-order valence-electron chi connectivity index (χ3n) is 2.51. The molecular weight excluding hydrogens is 222 g/mol. The topological polar surface area (TPSA) is 72.4 Å². The third-order valence-corrected chi connectivity index (χ3v) is 2.51. The van der Waals surface area contributed by atoms with Gasteiger partial charge in [-0.25, -0.2) is 14.3 Å². The Labute approximate surface area is 96.9 Å². The molecule has 88 valence electrons. The molecule has 0 amide bonds. The molecule has 2 aromatic rings. The van der Waals surface area contributed by atoms with Crippen molar-refractivity contribution in [2.75, 3.05) is 0 Å². The van der Waals surface area contributed by atoms with Crippen molar-refractivity contribution in [3.8, 4) is 11.3 Å². The number of carboxylic acid groups (broad SMARTS) is 1. The summed E-state index contributed by atoms with van der Waals surface area (Å²) in [5.74, 6) is -1.28. The van der Waals surface area contributed by atoms with Gasteiger partial charge in [0.15, 0.2) is 5.56 Å². The minimum absolute atomic E-state index is 0.280. The van der Waals surface area contributed by atoms with E-state index in [1.165, 1.54) is 11.8 Å². The Morgan fingerprint density at radius 3 is 2.41 bits per heavy atom. The van der Waals surface area contributed by atoms with Gasteiger partial charge >= 0.3 is 11.6 Å². The summed E-state index contributed by atoms with van der Waals surface area (Å²) in [6.45, 7) is 1.93. The van der Waals surface area contributed by atoms with Gasteiger partial charge in [0.05, 0.1) is 0 Å². The van der Waals surface area contributed by atoms with Crippen LogP contribution in [-0.4, -0.2) is 15.8 Å². The molecule has 5 nitrogen and oxygen atoms in total. The van der Waals surface area contributed by atoms with Crippen LogP contribution in [0.1, 0.15) is 15.9 Å². The van der Waals surface area contributed by atoms with Gasteiger partial charge in [0.2, 0.25) is 0 Å². The Morgan fingerprint density at radius 1 is 1.29 bits per heavy atom. The molecule has 0 aliphatic heterocycles. The molecule has 0 atom stereocenters. The summed E-state index contributed by atoms with van der Waals surface area (Å²) in [5, 5.41) is 9.00. The zero-order valence-corrected chi connectivity index (χ0v) is 9.43. The fraction of sp³-hybridized carbons (Fsp3) is 0.167. The van der Waals surface area contributed by atoms with E-state index >= 15 is 0 Å². The van der Waals surface area contributed by atoms with E-state index in [0.717, 1.165) is 5.56 Å². The molecule has 2 rings (SSSR count). The summed E-state index contributed by atoms with van der Waals surface area (Å²) >= 11 is 0. The van der Waals surface area contributed by atoms with E-state index in [1.807, 2.05) is 19.1 Å². The highest BCUT2D eigenvalue weighted by Gasteiger charge is 2.22. The van der Waals surface area contributed by atoms with E-state index in [4.69, 9.17) is 9.63 Å². The van der Waals surface area contributed by atoms with Crippen LogP contribution in [0, 0.1) is 6.92 Å². The minimum atomic E-state index is -1.28. The monoisotopic (exact) mass is 233 g/mol. The van der Waals surface area contributed by atoms with Gasteiger partial charge in [-0.15, -0.1) is 0 Å². The van der Waals surface area contributed by atoms with Crippen LogP contribution in [0.4, 0.5) is 0 Å². The van der Waals surface area contributed by atoms with Crippen LogP contribution in [-0.2, 0) is 7.05 Å². The second-order valence-corrected chi connectivity index (χ2v) is 3.77. The van der Waals surface area contributed by atoms with Gasteiger partial charge < -0.3 is 9.63 Å². The average molecular weight is 233 g/mol. The van der Waals surface area contributed by atoms with Gasteiger partial charge in [-0.2, -0.15) is 0 Å². The van der Waals surface area contributed by atoms with E-state index < -0.39 is 11.6 Å². The van der Waals surface area contributed by atoms with Gasteiger partial charge in [-0.1, -0.05) is 29.8 Å². The Morgan fingerprint density at radius 2 is 1.88 bits per heavy atom. The van der Waals surface area contributed by atoms with E-state index in [0.29, 0.717) is 5.56 Å². The van der Waals surface area contributed by atoms with Crippen LogP contribution in [0.25, 0.3) is 11.3 Å². The number of carboxylic acids is 1. The second kappa shape index (κ2) is 3.93. The van der Waals surface area contributed by atoms with Gasteiger partial charge in [0.25, 0.3) is 0 Å². The van der Waals surface area contributed by atoms with Gasteiger partial charge in [-0.3, -0.25) is 0 Å². The van der Waals surface area contributed by atoms with Crippen molar-refractivity contribution in [3.05, 3.63) is 45.8 Å². The molecule has 1 N–H and O–H groups in total. The summed E-state index contributed by atoms with van der Waals surface area (Å²) in [7, 11) is 1.50. The Kier molecular flexibility index (Phi) is 2.59. The minimum Gasteiger partial charge on any atom is -0.477 e. The zero-order chi connectivity index (χ0) is 12.6. The summed E-state index contributed by atoms with van der Waals surface area (Å²) in [5.41, 5.74) is 0.801. The maximum atomic E-state index is 11.4. The fourth-order valence-corrected chi connectivity index (χ4v) is 1.70. The number of hydrogen-bond donors (Lipinski definition) is 1. The highest BCUT2D eigenvalue weighted by Crippen LogP contribution is 2.22. The molecule has 0 aliphatic carbocycles. The number of hydrogen-bond acceptors (Lipinski definition) is 3. The largest absolute Gasteiger partial charge is 0.477 e. The first kappa shape index (κ1) is 11.2. The number of aromatic nitrogens is 1. The van der Waals surface area contributed by atoms with Crippen LogP contribution in [0.15, 0.2) is 33.6 Å². The SMILES string of the molecule is Cc1ccc(-c2c(C(=O)O)c(=O)on2C)cc1. The molecule has 1 aromatic carbocycles. The van der Waals surface area contributed by atoms with E-state index in [2.05, 4.69) is 0 Å². The number of rotatable bonds is 2. The lowest BCUT2D eigenvalue weighted by Crippen LogP contribution is -2.09. The molecule has 0 bridgehead atoms. The number of aryl methyl sites for hydroxylation is 2. The summed E-state index contributed by atoms with van der Waals surface area (Å²) in [6, 6.07) is 7.20. The smallest absolute Gasteiger partial charge is 0.372 e. The molecule has 0 unspecified atom stereocenters. The molecular formula is C12H11NO4. The van der Waals surface area contributed by atoms with Crippen LogP contribution in [0.3, 0.4) is 0 Å². The first-order valence-electron chi connectivity index (χ1n) is 5.01. The lowest BCUT2D eigenvalue weighted by atomic mass is 10.1. The molecule has 0 spiro atoms. The van der Waals surface area contributed by atoms with Crippen molar-refractivity contribution in [1.82, 2.24) is 4.74 Å². The normalized spacial score (nSPS) is 10.5. The number of benzene rings is 1. The van der Waals surface area contributed by atoms with Gasteiger partial charge in [-0.05, 0) is 6.92 Å². The van der Waals surface area contributed by atoms with E-state index in [1.54, 1.807) is 12.1 Å². The average Bonchev–Trinajstić information content (AvgIpc) is 2.55. The predicted octanol–water partition coefficient (Wildman–Crippen LogP) is 1.65. The molecule has 0 fully saturated rings. The highest BCUT2D eigenvalue weighted by atomic mass is 16.5. The van der Waals surface area contributed by atoms with Crippen molar-refractivity contribution < 1.29 is 14.4 Å². The Hall–Kier alpha value is -2.30. The van der Waals surface area contributed by atoms with Crippen molar-refractivity contribution in [3.63, 3.8) is 0 Å². The fourth-order valence-electron chi connectivity index (χ4n) is 1.70.